The molecule has 0 unspecified atom stereocenters. The molecule has 0 aromatic heterocycles. The lowest BCUT2D eigenvalue weighted by Gasteiger charge is -2.00. The van der Waals surface area contributed by atoms with Crippen LogP contribution in [0.5, 0.6) is 0 Å². The second-order valence-corrected chi connectivity index (χ2v) is 3.95. The quantitative estimate of drug-likeness (QED) is 0.490. The van der Waals surface area contributed by atoms with E-state index >= 15 is 0 Å². The average molecular weight is 190 g/mol. The van der Waals surface area contributed by atoms with Gasteiger partial charge in [0.15, 0.2) is 0 Å². The zero-order valence-electron chi connectivity index (χ0n) is 6.55. The van der Waals surface area contributed by atoms with Gasteiger partial charge in [-0.15, -0.1) is 23.5 Å². The van der Waals surface area contributed by atoms with Gasteiger partial charge in [-0.1, -0.05) is 0 Å². The lowest BCUT2D eigenvalue weighted by molar-refractivity contribution is -0.135. The first-order valence-electron chi connectivity index (χ1n) is 3.28. The van der Waals surface area contributed by atoms with Crippen molar-refractivity contribution in [2.75, 3.05) is 19.1 Å². The number of cyclic esters (lactones) is 1. The maximum absolute atomic E-state index is 11.0. The topological polar surface area (TPSA) is 26.3 Å². The zero-order chi connectivity index (χ0) is 8.27. The largest absolute Gasteiger partial charge is 0.462 e. The molecule has 0 amide bonds. The number of hydrogen-bond acceptors (Lipinski definition) is 4. The summed E-state index contributed by atoms with van der Waals surface area (Å²) in [6.07, 6.45) is 4.73. The van der Waals surface area contributed by atoms with Gasteiger partial charge in [-0.2, -0.15) is 0 Å². The van der Waals surface area contributed by atoms with E-state index in [-0.39, 0.29) is 5.97 Å². The van der Waals surface area contributed by atoms with Crippen molar-refractivity contribution in [3.05, 3.63) is 9.81 Å². The Morgan fingerprint density at radius 2 is 2.09 bits per heavy atom. The predicted molar refractivity (Wildman–Crippen MR) is 49.6 cm³/mol. The van der Waals surface area contributed by atoms with E-state index in [1.54, 1.807) is 23.5 Å². The number of ether oxygens (including phenoxy) is 1. The Balaban J connectivity index is 2.82. The van der Waals surface area contributed by atoms with Crippen molar-refractivity contribution in [2.45, 2.75) is 6.42 Å². The van der Waals surface area contributed by atoms with E-state index in [1.165, 1.54) is 0 Å². The normalized spacial score (nSPS) is 16.9. The summed E-state index contributed by atoms with van der Waals surface area (Å²) in [5, 5.41) is 0. The standard InChI is InChI=1S/C7H10O2S2/c1-10-7(11-2)5-3-4-9-6(5)8/h3-4H2,1-2H3. The molecule has 0 aliphatic carbocycles. The molecular weight excluding hydrogens is 180 g/mol. The summed E-state index contributed by atoms with van der Waals surface area (Å²) >= 11 is 3.23. The summed E-state index contributed by atoms with van der Waals surface area (Å²) in [4.78, 5) is 11.0. The lowest BCUT2D eigenvalue weighted by Crippen LogP contribution is -1.95. The third kappa shape index (κ3) is 1.93. The first kappa shape index (κ1) is 9.00. The summed E-state index contributed by atoms with van der Waals surface area (Å²) in [6.45, 7) is 0.554. The molecule has 1 fully saturated rings. The number of esters is 1. The number of rotatable bonds is 2. The van der Waals surface area contributed by atoms with Gasteiger partial charge in [0.1, 0.15) is 0 Å². The van der Waals surface area contributed by atoms with Gasteiger partial charge in [-0.05, 0) is 12.5 Å². The van der Waals surface area contributed by atoms with E-state index in [0.717, 1.165) is 16.2 Å². The maximum Gasteiger partial charge on any atom is 0.335 e. The number of carbonyl (C=O) groups is 1. The second-order valence-electron chi connectivity index (χ2n) is 2.06. The Bertz CT molecular complexity index is 193. The van der Waals surface area contributed by atoms with Crippen LogP contribution in [0.25, 0.3) is 0 Å². The van der Waals surface area contributed by atoms with E-state index in [2.05, 4.69) is 0 Å². The molecule has 2 nitrogen and oxygen atoms in total. The summed E-state index contributed by atoms with van der Waals surface area (Å²) in [6, 6.07) is 0. The highest BCUT2D eigenvalue weighted by atomic mass is 32.2. The van der Waals surface area contributed by atoms with Gasteiger partial charge in [0.2, 0.25) is 0 Å². The SMILES string of the molecule is CSC(SC)=C1CCOC1=O. The Hall–Kier alpha value is -0.0900. The molecule has 0 radical (unpaired) electrons. The highest BCUT2D eigenvalue weighted by Gasteiger charge is 2.22. The summed E-state index contributed by atoms with van der Waals surface area (Å²) in [5.74, 6) is -0.135. The first-order chi connectivity index (χ1) is 5.29. The van der Waals surface area contributed by atoms with Gasteiger partial charge in [0.25, 0.3) is 0 Å². The Kier molecular flexibility index (Phi) is 3.33. The van der Waals surface area contributed by atoms with Crippen molar-refractivity contribution >= 4 is 29.5 Å². The molecule has 1 rings (SSSR count). The summed E-state index contributed by atoms with van der Waals surface area (Å²) in [7, 11) is 0. The Morgan fingerprint density at radius 3 is 2.45 bits per heavy atom. The lowest BCUT2D eigenvalue weighted by atomic mass is 10.3. The van der Waals surface area contributed by atoms with Gasteiger partial charge in [0, 0.05) is 6.42 Å². The van der Waals surface area contributed by atoms with E-state index in [4.69, 9.17) is 4.74 Å². The van der Waals surface area contributed by atoms with Crippen LogP contribution in [0.4, 0.5) is 0 Å². The first-order valence-corrected chi connectivity index (χ1v) is 5.72. The molecule has 0 atom stereocenters. The molecular formula is C7H10O2S2. The van der Waals surface area contributed by atoms with Crippen LogP contribution in [-0.2, 0) is 9.53 Å². The van der Waals surface area contributed by atoms with Crippen molar-refractivity contribution in [3.63, 3.8) is 0 Å². The molecule has 62 valence electrons. The molecule has 0 aromatic rings. The minimum Gasteiger partial charge on any atom is -0.462 e. The van der Waals surface area contributed by atoms with Crippen molar-refractivity contribution in [1.82, 2.24) is 0 Å². The second kappa shape index (κ2) is 4.07. The number of carbonyl (C=O) groups excluding carboxylic acids is 1. The van der Waals surface area contributed by atoms with Crippen LogP contribution in [-0.4, -0.2) is 25.1 Å². The van der Waals surface area contributed by atoms with Crippen LogP contribution in [0.15, 0.2) is 9.81 Å². The maximum atomic E-state index is 11.0. The average Bonchev–Trinajstić information content (AvgIpc) is 2.40. The molecule has 0 spiro atoms. The molecule has 4 heteroatoms. The van der Waals surface area contributed by atoms with Crippen LogP contribution in [0.3, 0.4) is 0 Å². The highest BCUT2D eigenvalue weighted by Crippen LogP contribution is 2.31. The molecule has 0 saturated carbocycles. The smallest absolute Gasteiger partial charge is 0.335 e. The molecule has 0 N–H and O–H groups in total. The van der Waals surface area contributed by atoms with Crippen LogP contribution >= 0.6 is 23.5 Å². The van der Waals surface area contributed by atoms with E-state index in [0.29, 0.717) is 6.61 Å². The zero-order valence-corrected chi connectivity index (χ0v) is 8.18. The van der Waals surface area contributed by atoms with Crippen molar-refractivity contribution in [2.24, 2.45) is 0 Å². The molecule has 0 aromatic carbocycles. The van der Waals surface area contributed by atoms with E-state index < -0.39 is 0 Å². The molecule has 1 aliphatic heterocycles. The minimum absolute atomic E-state index is 0.135. The summed E-state index contributed by atoms with van der Waals surface area (Å²) < 4.78 is 5.92. The monoisotopic (exact) mass is 190 g/mol. The third-order valence-electron chi connectivity index (χ3n) is 1.45. The molecule has 11 heavy (non-hydrogen) atoms. The fraction of sp³-hybridized carbons (Fsp3) is 0.571. The Labute approximate surface area is 74.8 Å². The molecule has 1 heterocycles. The minimum atomic E-state index is -0.135. The van der Waals surface area contributed by atoms with Crippen molar-refractivity contribution in [1.29, 1.82) is 0 Å². The number of hydrogen-bond donors (Lipinski definition) is 0. The molecule has 1 aliphatic rings. The van der Waals surface area contributed by atoms with Gasteiger partial charge in [-0.3, -0.25) is 0 Å². The van der Waals surface area contributed by atoms with Crippen LogP contribution < -0.4 is 0 Å². The van der Waals surface area contributed by atoms with E-state index in [9.17, 15) is 4.79 Å². The van der Waals surface area contributed by atoms with E-state index in [1.807, 2.05) is 12.5 Å². The van der Waals surface area contributed by atoms with Crippen molar-refractivity contribution in [3.8, 4) is 0 Å². The fourth-order valence-electron chi connectivity index (χ4n) is 0.950. The fourth-order valence-corrected chi connectivity index (χ4v) is 2.48. The molecule has 1 saturated heterocycles. The van der Waals surface area contributed by atoms with Gasteiger partial charge < -0.3 is 4.74 Å². The predicted octanol–water partition coefficient (Wildman–Crippen LogP) is 1.87. The summed E-state index contributed by atoms with van der Waals surface area (Å²) in [5.41, 5.74) is 0.852. The van der Waals surface area contributed by atoms with Crippen LogP contribution in [0, 0.1) is 0 Å². The van der Waals surface area contributed by atoms with Crippen molar-refractivity contribution < 1.29 is 9.53 Å². The van der Waals surface area contributed by atoms with Gasteiger partial charge >= 0.3 is 5.97 Å². The number of thioether (sulfide) groups is 2. The molecule has 0 bridgehead atoms. The van der Waals surface area contributed by atoms with Gasteiger partial charge in [-0.25, -0.2) is 4.79 Å². The Morgan fingerprint density at radius 1 is 1.45 bits per heavy atom. The van der Waals surface area contributed by atoms with Crippen LogP contribution in [0.2, 0.25) is 0 Å². The highest BCUT2D eigenvalue weighted by molar-refractivity contribution is 8.21. The van der Waals surface area contributed by atoms with Crippen LogP contribution in [0.1, 0.15) is 6.42 Å². The third-order valence-corrected chi connectivity index (χ3v) is 3.68. The van der Waals surface area contributed by atoms with Gasteiger partial charge in [0.05, 0.1) is 16.4 Å².